The molecule has 2 aliphatic rings. The summed E-state index contributed by atoms with van der Waals surface area (Å²) >= 11 is 0. The molecule has 7 aromatic carbocycles. The number of hydrogen-bond donors (Lipinski definition) is 0. The molecule has 0 amide bonds. The average molecular weight is 1030 g/mol. The molecule has 0 aliphatic carbocycles. The van der Waals surface area contributed by atoms with Crippen molar-refractivity contribution in [3.8, 4) is 34.1 Å². The fourth-order valence-corrected chi connectivity index (χ4v) is 14.6. The van der Waals surface area contributed by atoms with Crippen LogP contribution in [-0.4, -0.2) is 13.6 Å². The number of ether oxygens (including phenoxy) is 4. The molecule has 4 nitrogen and oxygen atoms in total. The molecule has 9 rings (SSSR count). The normalized spacial score (nSPS) is 12.0. The Labute approximate surface area is 415 Å². The number of hydrogen-bond acceptors (Lipinski definition) is 4. The van der Waals surface area contributed by atoms with Crippen LogP contribution in [-0.2, 0) is 19.5 Å². The number of aryl methyl sites for hydroxylation is 9. The number of fused-ring (bicyclic) bond motifs is 2. The zero-order valence-corrected chi connectivity index (χ0v) is 44.2. The molecule has 0 bridgehead atoms. The minimum absolute atomic E-state index is 0. The van der Waals surface area contributed by atoms with Gasteiger partial charge in [0, 0.05) is 5.56 Å². The first-order valence-electron chi connectivity index (χ1n) is 21.6. The number of halogens is 2. The summed E-state index contributed by atoms with van der Waals surface area (Å²) in [6.07, 6.45) is 0. The molecule has 0 spiro atoms. The van der Waals surface area contributed by atoms with Crippen LogP contribution in [0.5, 0.6) is 23.0 Å². The molecule has 7 aromatic rings. The number of benzene rings is 7. The van der Waals surface area contributed by atoms with Crippen molar-refractivity contribution in [2.24, 2.45) is 0 Å². The van der Waals surface area contributed by atoms with E-state index >= 15 is 0 Å². The van der Waals surface area contributed by atoms with Crippen molar-refractivity contribution in [1.29, 1.82) is 0 Å². The Bertz CT molecular complexity index is 2620. The fourth-order valence-electron chi connectivity index (χ4n) is 8.85. The second-order valence-electron chi connectivity index (χ2n) is 17.5. The van der Waals surface area contributed by atoms with Crippen molar-refractivity contribution in [3.05, 3.63) is 177 Å². The first kappa shape index (κ1) is 51.8. The standard InChI is InChI=1S/C46H44O4P2.C10H14.2ClH.Ru/c1-27-11-28(2)16-35(15-27)51(36-17-29(3)12-30(4)18-36)43-10-9-40-46(50-26-47-40)45(43)39-23-41-42(49-25-48-41)24-44(39)52(37-19-31(5)13-32(6)20-37)38-21-33(7)14-34(8)22-38;1-8(2)10-6-4-9(3)5-7-10;;;/h9-24H,25-26H2,1-8H3;4-8H,1-3H3;2*1H;/q;;;;+2/p-2. The van der Waals surface area contributed by atoms with E-state index in [0.29, 0.717) is 5.92 Å². The van der Waals surface area contributed by atoms with Gasteiger partial charge in [-0.15, -0.1) is 0 Å². The van der Waals surface area contributed by atoms with Crippen molar-refractivity contribution < 1.29 is 63.2 Å². The van der Waals surface area contributed by atoms with Gasteiger partial charge < -0.3 is 43.8 Å². The fraction of sp³-hybridized carbons (Fsp3) is 0.250. The van der Waals surface area contributed by atoms with Gasteiger partial charge in [0.25, 0.3) is 0 Å². The third-order valence-electron chi connectivity index (χ3n) is 11.4. The van der Waals surface area contributed by atoms with Crippen LogP contribution in [0.1, 0.15) is 75.4 Å². The predicted octanol–water partition coefficient (Wildman–Crippen LogP) is 5.92. The quantitative estimate of drug-likeness (QED) is 0.140. The smallest absolute Gasteiger partial charge is 1.00 e. The van der Waals surface area contributed by atoms with E-state index in [4.69, 9.17) is 18.9 Å². The molecule has 65 heavy (non-hydrogen) atoms. The van der Waals surface area contributed by atoms with Gasteiger partial charge in [-0.2, -0.15) is 0 Å². The Balaban J connectivity index is 0.000000543. The maximum Gasteiger partial charge on any atom is 2.00 e. The summed E-state index contributed by atoms with van der Waals surface area (Å²) in [6, 6.07) is 45.5. The van der Waals surface area contributed by atoms with Gasteiger partial charge in [-0.1, -0.05) is 161 Å². The van der Waals surface area contributed by atoms with E-state index in [-0.39, 0.29) is 57.9 Å². The topological polar surface area (TPSA) is 36.9 Å². The number of rotatable bonds is 8. The van der Waals surface area contributed by atoms with Crippen LogP contribution in [0.4, 0.5) is 0 Å². The van der Waals surface area contributed by atoms with Gasteiger partial charge in [-0.25, -0.2) is 0 Å². The molecular weight excluding hydrogens is 971 g/mol. The van der Waals surface area contributed by atoms with Crippen molar-refractivity contribution in [2.75, 3.05) is 13.6 Å². The van der Waals surface area contributed by atoms with Crippen LogP contribution in [0.2, 0.25) is 0 Å². The summed E-state index contributed by atoms with van der Waals surface area (Å²) in [6.45, 7) is 24.5. The van der Waals surface area contributed by atoms with Crippen molar-refractivity contribution in [3.63, 3.8) is 0 Å². The molecular formula is C56H58Cl2O4P2Ru. The van der Waals surface area contributed by atoms with Gasteiger partial charge in [0.15, 0.2) is 23.0 Å². The van der Waals surface area contributed by atoms with Gasteiger partial charge in [-0.05, 0) is 151 Å². The monoisotopic (exact) mass is 1030 g/mol. The van der Waals surface area contributed by atoms with Gasteiger partial charge in [-0.3, -0.25) is 0 Å². The molecule has 2 aliphatic heterocycles. The molecule has 338 valence electrons. The summed E-state index contributed by atoms with van der Waals surface area (Å²) in [5.74, 6) is 3.73. The van der Waals surface area contributed by atoms with Crippen LogP contribution in [0.15, 0.2) is 121 Å². The SMILES string of the molecule is Cc1cc(C)cc(P(c2cc(C)cc(C)c2)c2cc3c(cc2-c2c(P(c4cc(C)cc(C)c4)c4cc(C)cc(C)c4)ccc4c2OCO4)OCO3)c1.Cc1ccc(C(C)C)cc1.[Cl-].[Cl-].[Ru+2]. The third-order valence-corrected chi connectivity index (χ3v) is 16.2. The summed E-state index contributed by atoms with van der Waals surface area (Å²) < 4.78 is 24.9. The Morgan fingerprint density at radius 3 is 1.17 bits per heavy atom. The zero-order valence-electron chi connectivity index (χ0n) is 39.2. The first-order valence-corrected chi connectivity index (χ1v) is 24.3. The molecule has 0 N–H and O–H groups in total. The molecule has 0 atom stereocenters. The predicted molar refractivity (Wildman–Crippen MR) is 265 cm³/mol. The minimum atomic E-state index is -1.05. The Kier molecular flexibility index (Phi) is 17.6. The molecule has 0 saturated heterocycles. The van der Waals surface area contributed by atoms with Crippen LogP contribution in [0, 0.1) is 62.3 Å². The van der Waals surface area contributed by atoms with E-state index in [1.165, 1.54) is 87.5 Å². The van der Waals surface area contributed by atoms with Crippen LogP contribution < -0.4 is 75.6 Å². The molecule has 0 saturated carbocycles. The van der Waals surface area contributed by atoms with Gasteiger partial charge in [0.1, 0.15) is 0 Å². The molecule has 0 fully saturated rings. The molecule has 0 aromatic heterocycles. The second-order valence-corrected chi connectivity index (χ2v) is 21.9. The van der Waals surface area contributed by atoms with E-state index in [9.17, 15) is 0 Å². The molecule has 0 radical (unpaired) electrons. The summed E-state index contributed by atoms with van der Waals surface area (Å²) in [5, 5.41) is 7.65. The van der Waals surface area contributed by atoms with Crippen molar-refractivity contribution in [2.45, 2.75) is 82.1 Å². The van der Waals surface area contributed by atoms with Crippen molar-refractivity contribution >= 4 is 47.7 Å². The minimum Gasteiger partial charge on any atom is -1.00 e. The van der Waals surface area contributed by atoms with E-state index in [1.807, 2.05) is 0 Å². The van der Waals surface area contributed by atoms with Crippen LogP contribution in [0.25, 0.3) is 11.1 Å². The molecule has 9 heteroatoms. The summed E-state index contributed by atoms with van der Waals surface area (Å²) in [4.78, 5) is 0. The largest absolute Gasteiger partial charge is 2.00 e. The van der Waals surface area contributed by atoms with Crippen molar-refractivity contribution in [1.82, 2.24) is 0 Å². The molecule has 2 heterocycles. The Hall–Kier alpha value is -4.20. The molecule has 0 unspecified atom stereocenters. The summed E-state index contributed by atoms with van der Waals surface area (Å²) in [5.41, 5.74) is 14.9. The average Bonchev–Trinajstić information content (AvgIpc) is 3.87. The van der Waals surface area contributed by atoms with E-state index in [2.05, 4.69) is 197 Å². The summed E-state index contributed by atoms with van der Waals surface area (Å²) in [7, 11) is -2.08. The van der Waals surface area contributed by atoms with Crippen LogP contribution in [0.3, 0.4) is 0 Å². The van der Waals surface area contributed by atoms with Crippen LogP contribution >= 0.6 is 15.8 Å². The van der Waals surface area contributed by atoms with Gasteiger partial charge >= 0.3 is 19.5 Å². The van der Waals surface area contributed by atoms with E-state index < -0.39 is 15.8 Å². The van der Waals surface area contributed by atoms with E-state index in [1.54, 1.807) is 0 Å². The third kappa shape index (κ3) is 11.7. The Morgan fingerprint density at radius 1 is 0.385 bits per heavy atom. The van der Waals surface area contributed by atoms with Gasteiger partial charge in [0.05, 0.1) is 0 Å². The Morgan fingerprint density at radius 2 is 0.754 bits per heavy atom. The zero-order chi connectivity index (χ0) is 43.8. The maximum atomic E-state index is 6.51. The maximum absolute atomic E-state index is 6.51. The van der Waals surface area contributed by atoms with Gasteiger partial charge in [0.2, 0.25) is 13.6 Å². The van der Waals surface area contributed by atoms with E-state index in [0.717, 1.165) is 34.1 Å². The first-order chi connectivity index (χ1) is 29.7. The second kappa shape index (κ2) is 22.1.